The van der Waals surface area contributed by atoms with Gasteiger partial charge in [0, 0.05) is 22.4 Å². The molecule has 0 aliphatic rings. The second-order valence-corrected chi connectivity index (χ2v) is 9.78. The molecule has 0 bridgehead atoms. The third-order valence-corrected chi connectivity index (χ3v) is 5.90. The predicted molar refractivity (Wildman–Crippen MR) is 143 cm³/mol. The van der Waals surface area contributed by atoms with E-state index >= 15 is 0 Å². The minimum atomic E-state index is -0.0393. The molecule has 35 heavy (non-hydrogen) atoms. The highest BCUT2D eigenvalue weighted by molar-refractivity contribution is 7.80. The Morgan fingerprint density at radius 3 is 2.43 bits per heavy atom. The lowest BCUT2D eigenvalue weighted by Gasteiger charge is -2.19. The Balaban J connectivity index is 1.37. The molecule has 0 radical (unpaired) electrons. The number of hydrogen-bond donors (Lipinski definition) is 2. The van der Waals surface area contributed by atoms with Crippen LogP contribution in [0.15, 0.2) is 77.3 Å². The molecule has 7 heteroatoms. The maximum atomic E-state index is 13.0. The summed E-state index contributed by atoms with van der Waals surface area (Å²) in [5, 5.41) is 10.6. The van der Waals surface area contributed by atoms with Crippen LogP contribution in [0, 0.1) is 6.92 Å². The first-order valence-corrected chi connectivity index (χ1v) is 11.8. The topological polar surface area (TPSA) is 80.0 Å². The zero-order valence-electron chi connectivity index (χ0n) is 20.3. The molecule has 1 aromatic heterocycles. The number of nitrogens with zero attached hydrogens (tertiary/aromatic N) is 2. The van der Waals surface area contributed by atoms with E-state index in [4.69, 9.17) is 16.7 Å². The molecule has 4 aromatic rings. The molecule has 3 aromatic carbocycles. The Kier molecular flexibility index (Phi) is 7.07. The van der Waals surface area contributed by atoms with E-state index in [-0.39, 0.29) is 17.7 Å². The second-order valence-electron chi connectivity index (χ2n) is 9.37. The van der Waals surface area contributed by atoms with Crippen molar-refractivity contribution in [2.75, 3.05) is 5.32 Å². The van der Waals surface area contributed by atoms with Gasteiger partial charge in [-0.3, -0.25) is 4.79 Å². The molecule has 2 N–H and O–H groups in total. The van der Waals surface area contributed by atoms with E-state index in [2.05, 4.69) is 41.5 Å². The van der Waals surface area contributed by atoms with Gasteiger partial charge in [0.15, 0.2) is 10.9 Å². The zero-order valence-corrected chi connectivity index (χ0v) is 21.1. The molecule has 0 atom stereocenters. The number of rotatable bonds is 6. The molecule has 0 aliphatic carbocycles. The summed E-state index contributed by atoms with van der Waals surface area (Å²) < 4.78 is 5.35. The fourth-order valence-corrected chi connectivity index (χ4v) is 3.81. The van der Waals surface area contributed by atoms with Crippen LogP contribution in [0.3, 0.4) is 0 Å². The number of benzene rings is 3. The number of ketones is 1. The third kappa shape index (κ3) is 6.00. The molecular weight excluding hydrogens is 456 g/mol. The Morgan fingerprint density at radius 2 is 1.71 bits per heavy atom. The summed E-state index contributed by atoms with van der Waals surface area (Å²) in [5.74, 6) is 0.929. The summed E-state index contributed by atoms with van der Waals surface area (Å²) in [6.07, 6.45) is 0. The highest BCUT2D eigenvalue weighted by Gasteiger charge is 2.16. The van der Waals surface area contributed by atoms with Crippen molar-refractivity contribution in [3.05, 3.63) is 101 Å². The number of aryl methyl sites for hydroxylation is 1. The van der Waals surface area contributed by atoms with E-state index in [1.54, 1.807) is 12.1 Å². The van der Waals surface area contributed by atoms with Gasteiger partial charge in [0.05, 0.1) is 6.54 Å². The van der Waals surface area contributed by atoms with Crippen LogP contribution in [-0.4, -0.2) is 21.0 Å². The van der Waals surface area contributed by atoms with Gasteiger partial charge in [-0.25, -0.2) is 0 Å². The summed E-state index contributed by atoms with van der Waals surface area (Å²) in [4.78, 5) is 17.4. The van der Waals surface area contributed by atoms with Gasteiger partial charge in [0.1, 0.15) is 0 Å². The second kappa shape index (κ2) is 10.2. The van der Waals surface area contributed by atoms with E-state index < -0.39 is 0 Å². The van der Waals surface area contributed by atoms with Crippen molar-refractivity contribution in [1.29, 1.82) is 0 Å². The van der Waals surface area contributed by atoms with Crippen molar-refractivity contribution in [2.45, 2.75) is 39.7 Å². The maximum Gasteiger partial charge on any atom is 0.246 e. The van der Waals surface area contributed by atoms with Crippen molar-refractivity contribution < 1.29 is 9.32 Å². The van der Waals surface area contributed by atoms with Crippen LogP contribution in [0.4, 0.5) is 5.69 Å². The van der Waals surface area contributed by atoms with Crippen LogP contribution >= 0.6 is 12.2 Å². The number of carbonyl (C=O) groups excluding carboxylic acids is 1. The van der Waals surface area contributed by atoms with Gasteiger partial charge in [0.2, 0.25) is 11.7 Å². The Bertz CT molecular complexity index is 1350. The van der Waals surface area contributed by atoms with Gasteiger partial charge in [-0.1, -0.05) is 86.6 Å². The number of anilines is 1. The van der Waals surface area contributed by atoms with E-state index in [0.717, 1.165) is 11.1 Å². The van der Waals surface area contributed by atoms with Crippen molar-refractivity contribution in [1.82, 2.24) is 15.5 Å². The van der Waals surface area contributed by atoms with Crippen molar-refractivity contribution in [2.24, 2.45) is 0 Å². The lowest BCUT2D eigenvalue weighted by Crippen LogP contribution is -2.28. The van der Waals surface area contributed by atoms with Crippen LogP contribution in [-0.2, 0) is 12.0 Å². The highest BCUT2D eigenvalue weighted by atomic mass is 32.1. The normalized spacial score (nSPS) is 11.2. The van der Waals surface area contributed by atoms with Crippen LogP contribution in [0.1, 0.15) is 53.7 Å². The largest absolute Gasteiger partial charge is 0.353 e. The Morgan fingerprint density at radius 1 is 0.971 bits per heavy atom. The first kappa shape index (κ1) is 24.3. The summed E-state index contributed by atoms with van der Waals surface area (Å²) in [6.45, 7) is 8.73. The third-order valence-electron chi connectivity index (χ3n) is 5.65. The summed E-state index contributed by atoms with van der Waals surface area (Å²) in [5.41, 5.74) is 5.18. The minimum Gasteiger partial charge on any atom is -0.353 e. The van der Waals surface area contributed by atoms with Gasteiger partial charge < -0.3 is 15.2 Å². The lowest BCUT2D eigenvalue weighted by molar-refractivity contribution is 0.103. The molecule has 0 saturated carbocycles. The zero-order chi connectivity index (χ0) is 25.0. The average molecular weight is 485 g/mol. The van der Waals surface area contributed by atoms with Crippen molar-refractivity contribution >= 4 is 28.8 Å². The molecule has 6 nitrogen and oxygen atoms in total. The predicted octanol–water partition coefficient (Wildman–Crippen LogP) is 6.06. The first-order valence-electron chi connectivity index (χ1n) is 11.4. The standard InChI is InChI=1S/C28H28N4O2S/c1-18-8-5-6-11-23(18)26-31-24(34-32-26)17-29-27(35)30-22-10-7-9-20(16-22)25(33)19-12-14-21(15-13-19)28(2,3)4/h5-16H,17H2,1-4H3,(H2,29,30,35). The van der Waals surface area contributed by atoms with Crippen LogP contribution in [0.25, 0.3) is 11.4 Å². The molecule has 0 spiro atoms. The number of aromatic nitrogens is 2. The van der Waals surface area contributed by atoms with Gasteiger partial charge in [-0.15, -0.1) is 0 Å². The monoisotopic (exact) mass is 484 g/mol. The molecule has 0 amide bonds. The molecule has 0 aliphatic heterocycles. The molecule has 178 valence electrons. The minimum absolute atomic E-state index is 0.0391. The molecule has 0 saturated heterocycles. The van der Waals surface area contributed by atoms with E-state index in [9.17, 15) is 4.79 Å². The van der Waals surface area contributed by atoms with E-state index in [0.29, 0.717) is 33.6 Å². The average Bonchev–Trinajstić information content (AvgIpc) is 3.31. The Labute approximate surface area is 210 Å². The van der Waals surface area contributed by atoms with Crippen LogP contribution in [0.5, 0.6) is 0 Å². The SMILES string of the molecule is Cc1ccccc1-c1noc(CNC(=S)Nc2cccc(C(=O)c3ccc(C(C)(C)C)cc3)c2)n1. The van der Waals surface area contributed by atoms with Crippen molar-refractivity contribution in [3.8, 4) is 11.4 Å². The number of nitrogens with one attached hydrogen (secondary N) is 2. The Hall–Kier alpha value is -3.84. The maximum absolute atomic E-state index is 13.0. The summed E-state index contributed by atoms with van der Waals surface area (Å²) in [7, 11) is 0. The van der Waals surface area contributed by atoms with Crippen LogP contribution < -0.4 is 10.6 Å². The highest BCUT2D eigenvalue weighted by Crippen LogP contribution is 2.23. The molecule has 0 fully saturated rings. The number of hydrogen-bond acceptors (Lipinski definition) is 5. The van der Waals surface area contributed by atoms with Gasteiger partial charge in [-0.2, -0.15) is 4.98 Å². The first-order chi connectivity index (χ1) is 16.7. The fraction of sp³-hybridized carbons (Fsp3) is 0.214. The molecule has 4 rings (SSSR count). The van der Waals surface area contributed by atoms with Gasteiger partial charge in [0.25, 0.3) is 0 Å². The number of carbonyl (C=O) groups is 1. The van der Waals surface area contributed by atoms with Gasteiger partial charge >= 0.3 is 0 Å². The fourth-order valence-electron chi connectivity index (χ4n) is 3.62. The lowest BCUT2D eigenvalue weighted by atomic mass is 9.86. The molecule has 1 heterocycles. The molecule has 0 unspecified atom stereocenters. The smallest absolute Gasteiger partial charge is 0.246 e. The number of thiocarbonyl (C=S) groups is 1. The quantitative estimate of drug-likeness (QED) is 0.254. The summed E-state index contributed by atoms with van der Waals surface area (Å²) >= 11 is 5.41. The van der Waals surface area contributed by atoms with Crippen molar-refractivity contribution in [3.63, 3.8) is 0 Å². The molecular formula is C28H28N4O2S. The van der Waals surface area contributed by atoms with E-state index in [1.807, 2.05) is 67.6 Å². The van der Waals surface area contributed by atoms with E-state index in [1.165, 1.54) is 5.56 Å². The van der Waals surface area contributed by atoms with Crippen LogP contribution in [0.2, 0.25) is 0 Å². The van der Waals surface area contributed by atoms with Gasteiger partial charge in [-0.05, 0) is 47.8 Å². The summed E-state index contributed by atoms with van der Waals surface area (Å²) in [6, 6.07) is 22.9.